The molecule has 2 aromatic carbocycles. The number of hydrogen-bond donors (Lipinski definition) is 2. The molecule has 0 saturated heterocycles. The van der Waals surface area contributed by atoms with E-state index < -0.39 is 0 Å². The van der Waals surface area contributed by atoms with Crippen molar-refractivity contribution >= 4 is 16.8 Å². The molecule has 2 N–H and O–H groups in total. The lowest BCUT2D eigenvalue weighted by Crippen LogP contribution is -2.24. The molecule has 22 heavy (non-hydrogen) atoms. The van der Waals surface area contributed by atoms with Crippen LogP contribution in [0.3, 0.4) is 0 Å². The number of aromatic nitrogens is 1. The van der Waals surface area contributed by atoms with Crippen LogP contribution in [0.25, 0.3) is 10.9 Å². The van der Waals surface area contributed by atoms with Crippen molar-refractivity contribution in [1.82, 2.24) is 10.3 Å². The Morgan fingerprint density at radius 3 is 2.91 bits per heavy atom. The average Bonchev–Trinajstić information content (AvgIpc) is 2.88. The molecule has 3 nitrogen and oxygen atoms in total. The van der Waals surface area contributed by atoms with Gasteiger partial charge in [0.1, 0.15) is 5.82 Å². The highest BCUT2D eigenvalue weighted by atomic mass is 19.1. The maximum atomic E-state index is 13.3. The Bertz CT molecular complexity index is 823. The Morgan fingerprint density at radius 1 is 1.23 bits per heavy atom. The molecular formula is C18H17FN2O. The molecule has 0 spiro atoms. The van der Waals surface area contributed by atoms with Gasteiger partial charge >= 0.3 is 0 Å². The summed E-state index contributed by atoms with van der Waals surface area (Å²) < 4.78 is 13.3. The van der Waals surface area contributed by atoms with Gasteiger partial charge in [-0.05, 0) is 36.2 Å². The molecular weight excluding hydrogens is 279 g/mol. The molecule has 0 unspecified atom stereocenters. The third kappa shape index (κ3) is 3.17. The monoisotopic (exact) mass is 296 g/mol. The minimum Gasteiger partial charge on any atom is -0.361 e. The summed E-state index contributed by atoms with van der Waals surface area (Å²) in [6, 6.07) is 12.6. The third-order valence-corrected chi connectivity index (χ3v) is 3.65. The molecule has 0 bridgehead atoms. The number of aromatic amines is 1. The summed E-state index contributed by atoms with van der Waals surface area (Å²) in [6.45, 7) is 2.52. The summed E-state index contributed by atoms with van der Waals surface area (Å²) in [7, 11) is 0. The van der Waals surface area contributed by atoms with E-state index >= 15 is 0 Å². The van der Waals surface area contributed by atoms with Crippen molar-refractivity contribution in [3.63, 3.8) is 0 Å². The molecule has 0 aliphatic carbocycles. The number of carbonyl (C=O) groups excluding carboxylic acids is 1. The van der Waals surface area contributed by atoms with Crippen molar-refractivity contribution in [2.45, 2.75) is 19.9 Å². The third-order valence-electron chi connectivity index (χ3n) is 3.65. The normalized spacial score (nSPS) is 10.8. The van der Waals surface area contributed by atoms with Crippen LogP contribution in [0, 0.1) is 12.7 Å². The first-order valence-corrected chi connectivity index (χ1v) is 7.19. The van der Waals surface area contributed by atoms with Gasteiger partial charge in [-0.1, -0.05) is 29.8 Å². The van der Waals surface area contributed by atoms with Gasteiger partial charge in [0, 0.05) is 23.6 Å². The minimum atomic E-state index is -0.298. The number of halogens is 1. The second kappa shape index (κ2) is 6.02. The molecule has 0 aliphatic heterocycles. The fraction of sp³-hybridized carbons (Fsp3) is 0.167. The van der Waals surface area contributed by atoms with Crippen molar-refractivity contribution in [2.75, 3.05) is 0 Å². The molecule has 0 atom stereocenters. The second-order valence-corrected chi connectivity index (χ2v) is 5.45. The molecule has 4 heteroatoms. The van der Waals surface area contributed by atoms with Crippen LogP contribution in [-0.4, -0.2) is 10.9 Å². The summed E-state index contributed by atoms with van der Waals surface area (Å²) in [5.74, 6) is -0.375. The minimum absolute atomic E-state index is 0.0772. The highest BCUT2D eigenvalue weighted by Crippen LogP contribution is 2.19. The van der Waals surface area contributed by atoms with Gasteiger partial charge in [0.15, 0.2) is 0 Å². The van der Waals surface area contributed by atoms with Crippen molar-refractivity contribution in [3.8, 4) is 0 Å². The van der Waals surface area contributed by atoms with Gasteiger partial charge < -0.3 is 10.3 Å². The molecule has 3 aromatic rings. The molecule has 0 fully saturated rings. The number of aryl methyl sites for hydroxylation is 1. The molecule has 112 valence electrons. The first kappa shape index (κ1) is 14.3. The Hall–Kier alpha value is -2.62. The standard InChI is InChI=1S/C18H17FN2O/c1-12-3-2-4-13(7-12)10-21-18(22)8-14-11-20-17-6-5-15(19)9-16(14)17/h2-7,9,11,20H,8,10H2,1H3,(H,21,22). The Kier molecular flexibility index (Phi) is 3.92. The van der Waals surface area contributed by atoms with Gasteiger partial charge in [-0.3, -0.25) is 4.79 Å². The first-order valence-electron chi connectivity index (χ1n) is 7.19. The van der Waals surface area contributed by atoms with Crippen molar-refractivity contribution in [3.05, 3.63) is 71.2 Å². The molecule has 0 saturated carbocycles. The predicted octanol–water partition coefficient (Wildman–Crippen LogP) is 3.47. The smallest absolute Gasteiger partial charge is 0.224 e. The summed E-state index contributed by atoms with van der Waals surface area (Å²) in [6.07, 6.45) is 1.99. The molecule has 3 rings (SSSR count). The summed E-state index contributed by atoms with van der Waals surface area (Å²) in [5.41, 5.74) is 3.87. The van der Waals surface area contributed by atoms with Gasteiger partial charge in [0.2, 0.25) is 5.91 Å². The van der Waals surface area contributed by atoms with E-state index in [4.69, 9.17) is 0 Å². The fourth-order valence-corrected chi connectivity index (χ4v) is 2.56. The van der Waals surface area contributed by atoms with Gasteiger partial charge in [-0.15, -0.1) is 0 Å². The lowest BCUT2D eigenvalue weighted by molar-refractivity contribution is -0.120. The molecule has 0 radical (unpaired) electrons. The van der Waals surface area contributed by atoms with Crippen LogP contribution in [0.15, 0.2) is 48.7 Å². The molecule has 1 amide bonds. The van der Waals surface area contributed by atoms with Gasteiger partial charge in [-0.25, -0.2) is 4.39 Å². The predicted molar refractivity (Wildman–Crippen MR) is 85.0 cm³/mol. The van der Waals surface area contributed by atoms with Crippen LogP contribution in [0.5, 0.6) is 0 Å². The highest BCUT2D eigenvalue weighted by Gasteiger charge is 2.09. The van der Waals surface area contributed by atoms with E-state index in [9.17, 15) is 9.18 Å². The number of rotatable bonds is 4. The Balaban J connectivity index is 1.67. The van der Waals surface area contributed by atoms with Crippen molar-refractivity contribution in [2.24, 2.45) is 0 Å². The zero-order chi connectivity index (χ0) is 15.5. The van der Waals surface area contributed by atoms with E-state index in [0.29, 0.717) is 6.54 Å². The summed E-state index contributed by atoms with van der Waals surface area (Å²) >= 11 is 0. The number of amides is 1. The van der Waals surface area contributed by atoms with E-state index in [-0.39, 0.29) is 18.1 Å². The number of benzene rings is 2. The summed E-state index contributed by atoms with van der Waals surface area (Å²) in [4.78, 5) is 15.1. The largest absolute Gasteiger partial charge is 0.361 e. The number of H-pyrrole nitrogens is 1. The van der Waals surface area contributed by atoms with Crippen LogP contribution in [-0.2, 0) is 17.8 Å². The second-order valence-electron chi connectivity index (χ2n) is 5.45. The zero-order valence-electron chi connectivity index (χ0n) is 12.3. The lowest BCUT2D eigenvalue weighted by atomic mass is 10.1. The number of nitrogens with one attached hydrogen (secondary N) is 2. The average molecular weight is 296 g/mol. The van der Waals surface area contributed by atoms with Crippen molar-refractivity contribution in [1.29, 1.82) is 0 Å². The lowest BCUT2D eigenvalue weighted by Gasteiger charge is -2.06. The maximum Gasteiger partial charge on any atom is 0.224 e. The Labute approximate surface area is 128 Å². The van der Waals surface area contributed by atoms with E-state index in [1.807, 2.05) is 31.2 Å². The van der Waals surface area contributed by atoms with Crippen LogP contribution >= 0.6 is 0 Å². The van der Waals surface area contributed by atoms with Crippen LogP contribution in [0.2, 0.25) is 0 Å². The van der Waals surface area contributed by atoms with Crippen molar-refractivity contribution < 1.29 is 9.18 Å². The van der Waals surface area contributed by atoms with E-state index in [1.54, 1.807) is 12.3 Å². The van der Waals surface area contributed by atoms with E-state index in [2.05, 4.69) is 10.3 Å². The van der Waals surface area contributed by atoms with Crippen LogP contribution < -0.4 is 5.32 Å². The summed E-state index contributed by atoms with van der Waals surface area (Å²) in [5, 5.41) is 3.65. The van der Waals surface area contributed by atoms with Gasteiger partial charge in [-0.2, -0.15) is 0 Å². The van der Waals surface area contributed by atoms with Crippen LogP contribution in [0.1, 0.15) is 16.7 Å². The first-order chi connectivity index (χ1) is 10.6. The maximum absolute atomic E-state index is 13.3. The highest BCUT2D eigenvalue weighted by molar-refractivity contribution is 5.88. The number of fused-ring (bicyclic) bond motifs is 1. The van der Waals surface area contributed by atoms with E-state index in [1.165, 1.54) is 17.7 Å². The molecule has 1 aromatic heterocycles. The van der Waals surface area contributed by atoms with Gasteiger partial charge in [0.25, 0.3) is 0 Å². The topological polar surface area (TPSA) is 44.9 Å². The zero-order valence-corrected chi connectivity index (χ0v) is 12.3. The van der Waals surface area contributed by atoms with Gasteiger partial charge in [0.05, 0.1) is 6.42 Å². The molecule has 1 heterocycles. The van der Waals surface area contributed by atoms with E-state index in [0.717, 1.165) is 22.0 Å². The quantitative estimate of drug-likeness (QED) is 0.760. The SMILES string of the molecule is Cc1cccc(CNC(=O)Cc2c[nH]c3ccc(F)cc23)c1. The van der Waals surface area contributed by atoms with Crippen LogP contribution in [0.4, 0.5) is 4.39 Å². The molecule has 0 aliphatic rings. The Morgan fingerprint density at radius 2 is 2.09 bits per heavy atom. The number of hydrogen-bond acceptors (Lipinski definition) is 1. The number of carbonyl (C=O) groups is 1. The fourth-order valence-electron chi connectivity index (χ4n) is 2.56.